The van der Waals surface area contributed by atoms with Crippen LogP contribution in [0.2, 0.25) is 5.02 Å². The molecule has 1 aromatic heterocycles. The Morgan fingerprint density at radius 3 is 2.50 bits per heavy atom. The van der Waals surface area contributed by atoms with Gasteiger partial charge in [0.05, 0.1) is 12.8 Å². The first-order chi connectivity index (χ1) is 12.7. The standard InChI is InChI=1S/C18H16BrClN4O2/c1-2-25-17-7-14(9-23-24-11-21-22-12-24)16(19)8-18(17)26-10-13-3-5-15(20)6-4-13/h3-9,11-12H,2,10H2,1H3/b23-9-. The smallest absolute Gasteiger partial charge is 0.162 e. The van der Waals surface area contributed by atoms with Crippen LogP contribution in [0.4, 0.5) is 0 Å². The molecule has 134 valence electrons. The van der Waals surface area contributed by atoms with Crippen molar-refractivity contribution in [3.63, 3.8) is 0 Å². The Hall–Kier alpha value is -2.38. The van der Waals surface area contributed by atoms with Crippen molar-refractivity contribution in [2.75, 3.05) is 6.61 Å². The Morgan fingerprint density at radius 2 is 1.81 bits per heavy atom. The second kappa shape index (κ2) is 8.82. The number of aromatic nitrogens is 3. The van der Waals surface area contributed by atoms with E-state index >= 15 is 0 Å². The molecule has 0 aliphatic rings. The number of benzene rings is 2. The third-order valence-corrected chi connectivity index (χ3v) is 4.35. The summed E-state index contributed by atoms with van der Waals surface area (Å²) in [5.74, 6) is 1.30. The maximum Gasteiger partial charge on any atom is 0.162 e. The van der Waals surface area contributed by atoms with Gasteiger partial charge in [-0.2, -0.15) is 5.10 Å². The molecule has 0 saturated carbocycles. The minimum Gasteiger partial charge on any atom is -0.490 e. The lowest BCUT2D eigenvalue weighted by molar-refractivity contribution is 0.269. The zero-order chi connectivity index (χ0) is 18.4. The van der Waals surface area contributed by atoms with E-state index in [4.69, 9.17) is 21.1 Å². The normalized spacial score (nSPS) is 11.0. The molecule has 26 heavy (non-hydrogen) atoms. The van der Waals surface area contributed by atoms with Gasteiger partial charge in [0.2, 0.25) is 0 Å². The molecule has 6 nitrogen and oxygen atoms in total. The van der Waals surface area contributed by atoms with Crippen LogP contribution in [0, 0.1) is 0 Å². The van der Waals surface area contributed by atoms with Crippen LogP contribution < -0.4 is 9.47 Å². The van der Waals surface area contributed by atoms with Gasteiger partial charge in [-0.3, -0.25) is 0 Å². The Labute approximate surface area is 164 Å². The first-order valence-electron chi connectivity index (χ1n) is 7.88. The van der Waals surface area contributed by atoms with Crippen LogP contribution in [-0.4, -0.2) is 27.7 Å². The summed E-state index contributed by atoms with van der Waals surface area (Å²) in [5.41, 5.74) is 1.87. The lowest BCUT2D eigenvalue weighted by Gasteiger charge is -2.14. The summed E-state index contributed by atoms with van der Waals surface area (Å²) in [7, 11) is 0. The highest BCUT2D eigenvalue weighted by Gasteiger charge is 2.10. The molecule has 0 atom stereocenters. The number of rotatable bonds is 7. The Morgan fingerprint density at radius 1 is 1.12 bits per heavy atom. The molecule has 3 rings (SSSR count). The van der Waals surface area contributed by atoms with E-state index in [0.717, 1.165) is 15.6 Å². The second-order valence-corrected chi connectivity index (χ2v) is 6.55. The van der Waals surface area contributed by atoms with Gasteiger partial charge < -0.3 is 9.47 Å². The molecule has 0 saturated heterocycles. The van der Waals surface area contributed by atoms with Crippen LogP contribution in [0.15, 0.2) is 58.6 Å². The van der Waals surface area contributed by atoms with Gasteiger partial charge in [0, 0.05) is 15.1 Å². The summed E-state index contributed by atoms with van der Waals surface area (Å²) in [6, 6.07) is 11.3. The molecule has 0 unspecified atom stereocenters. The molecular formula is C18H16BrClN4O2. The molecular weight excluding hydrogens is 420 g/mol. The average Bonchev–Trinajstić information content (AvgIpc) is 3.15. The van der Waals surface area contributed by atoms with Gasteiger partial charge >= 0.3 is 0 Å². The average molecular weight is 436 g/mol. The van der Waals surface area contributed by atoms with Gasteiger partial charge in [0.25, 0.3) is 0 Å². The van der Waals surface area contributed by atoms with Gasteiger partial charge in [-0.15, -0.1) is 10.2 Å². The first-order valence-corrected chi connectivity index (χ1v) is 9.05. The van der Waals surface area contributed by atoms with Crippen molar-refractivity contribution in [2.24, 2.45) is 5.10 Å². The van der Waals surface area contributed by atoms with Gasteiger partial charge in [0.15, 0.2) is 11.5 Å². The fourth-order valence-electron chi connectivity index (χ4n) is 2.16. The molecule has 8 heteroatoms. The van der Waals surface area contributed by atoms with Gasteiger partial charge in [0.1, 0.15) is 19.3 Å². The predicted octanol–water partition coefficient (Wildman–Crippen LogP) is 4.55. The molecule has 0 bridgehead atoms. The lowest BCUT2D eigenvalue weighted by atomic mass is 10.2. The zero-order valence-electron chi connectivity index (χ0n) is 14.0. The molecule has 0 radical (unpaired) electrons. The minimum atomic E-state index is 0.415. The van der Waals surface area contributed by atoms with Crippen LogP contribution in [0.5, 0.6) is 11.5 Å². The zero-order valence-corrected chi connectivity index (χ0v) is 16.3. The Balaban J connectivity index is 1.80. The molecule has 0 N–H and O–H groups in total. The second-order valence-electron chi connectivity index (χ2n) is 5.26. The number of halogens is 2. The van der Waals surface area contributed by atoms with E-state index in [1.807, 2.05) is 43.3 Å². The molecule has 3 aromatic rings. The van der Waals surface area contributed by atoms with Gasteiger partial charge in [-0.1, -0.05) is 23.7 Å². The monoisotopic (exact) mass is 434 g/mol. The van der Waals surface area contributed by atoms with Crippen molar-refractivity contribution >= 4 is 33.7 Å². The van der Waals surface area contributed by atoms with E-state index in [1.165, 1.54) is 17.3 Å². The Kier molecular flexibility index (Phi) is 6.25. The van der Waals surface area contributed by atoms with E-state index in [-0.39, 0.29) is 0 Å². The number of hydrogen-bond donors (Lipinski definition) is 0. The van der Waals surface area contributed by atoms with Crippen molar-refractivity contribution in [3.8, 4) is 11.5 Å². The number of nitrogens with zero attached hydrogens (tertiary/aromatic N) is 4. The van der Waals surface area contributed by atoms with E-state index in [2.05, 4.69) is 31.2 Å². The van der Waals surface area contributed by atoms with Crippen molar-refractivity contribution in [1.29, 1.82) is 0 Å². The van der Waals surface area contributed by atoms with Gasteiger partial charge in [-0.25, -0.2) is 4.68 Å². The van der Waals surface area contributed by atoms with Crippen LogP contribution in [0.3, 0.4) is 0 Å². The van der Waals surface area contributed by atoms with Crippen LogP contribution in [-0.2, 0) is 6.61 Å². The predicted molar refractivity (Wildman–Crippen MR) is 104 cm³/mol. The highest BCUT2D eigenvalue weighted by Crippen LogP contribution is 2.34. The van der Waals surface area contributed by atoms with Crippen LogP contribution in [0.25, 0.3) is 0 Å². The van der Waals surface area contributed by atoms with E-state index in [0.29, 0.717) is 29.7 Å². The van der Waals surface area contributed by atoms with Crippen molar-refractivity contribution in [1.82, 2.24) is 14.9 Å². The summed E-state index contributed by atoms with van der Waals surface area (Å²) in [5, 5.41) is 12.4. The van der Waals surface area contributed by atoms with Crippen LogP contribution >= 0.6 is 27.5 Å². The molecule has 0 amide bonds. The molecule has 0 aliphatic heterocycles. The fraction of sp³-hybridized carbons (Fsp3) is 0.167. The summed E-state index contributed by atoms with van der Waals surface area (Å²) >= 11 is 9.46. The van der Waals surface area contributed by atoms with Crippen molar-refractivity contribution in [3.05, 3.63) is 69.7 Å². The molecule has 0 fully saturated rings. The molecule has 2 aromatic carbocycles. The van der Waals surface area contributed by atoms with Crippen molar-refractivity contribution < 1.29 is 9.47 Å². The highest BCUT2D eigenvalue weighted by atomic mass is 79.9. The fourth-order valence-corrected chi connectivity index (χ4v) is 2.71. The summed E-state index contributed by atoms with van der Waals surface area (Å²) in [6.07, 6.45) is 4.72. The maximum atomic E-state index is 5.93. The summed E-state index contributed by atoms with van der Waals surface area (Å²) in [6.45, 7) is 2.87. The highest BCUT2D eigenvalue weighted by molar-refractivity contribution is 9.10. The topological polar surface area (TPSA) is 61.5 Å². The molecule has 0 spiro atoms. The third-order valence-electron chi connectivity index (χ3n) is 3.41. The first kappa shape index (κ1) is 18.4. The lowest BCUT2D eigenvalue weighted by Crippen LogP contribution is -2.01. The largest absolute Gasteiger partial charge is 0.490 e. The van der Waals surface area contributed by atoms with Gasteiger partial charge in [-0.05, 0) is 52.7 Å². The van der Waals surface area contributed by atoms with E-state index in [9.17, 15) is 0 Å². The SMILES string of the molecule is CCOc1cc(/C=N\n2cnnc2)c(Br)cc1OCc1ccc(Cl)cc1. The van der Waals surface area contributed by atoms with E-state index in [1.54, 1.807) is 6.21 Å². The maximum absolute atomic E-state index is 5.93. The number of hydrogen-bond acceptors (Lipinski definition) is 5. The summed E-state index contributed by atoms with van der Waals surface area (Å²) < 4.78 is 14.0. The number of ether oxygens (including phenoxy) is 2. The molecule has 0 aliphatic carbocycles. The summed E-state index contributed by atoms with van der Waals surface area (Å²) in [4.78, 5) is 0. The Bertz CT molecular complexity index is 883. The minimum absolute atomic E-state index is 0.415. The third kappa shape index (κ3) is 4.83. The van der Waals surface area contributed by atoms with E-state index < -0.39 is 0 Å². The molecule has 1 heterocycles. The van der Waals surface area contributed by atoms with Crippen molar-refractivity contribution in [2.45, 2.75) is 13.5 Å². The quantitative estimate of drug-likeness (QED) is 0.511. The van der Waals surface area contributed by atoms with Crippen LogP contribution in [0.1, 0.15) is 18.1 Å².